The third-order valence-electron chi connectivity index (χ3n) is 3.00. The van der Waals surface area contributed by atoms with Gasteiger partial charge in [-0.25, -0.2) is 0 Å². The van der Waals surface area contributed by atoms with Crippen LogP contribution in [-0.4, -0.2) is 31.1 Å². The molecule has 1 fully saturated rings. The molecule has 2 nitrogen and oxygen atoms in total. The molecule has 2 N–H and O–H groups in total. The van der Waals surface area contributed by atoms with Crippen LogP contribution in [0.2, 0.25) is 0 Å². The van der Waals surface area contributed by atoms with Crippen molar-refractivity contribution in [1.82, 2.24) is 4.90 Å². The molecule has 0 amide bonds. The van der Waals surface area contributed by atoms with Crippen LogP contribution >= 0.6 is 0 Å². The van der Waals surface area contributed by atoms with Crippen LogP contribution in [0.25, 0.3) is 0 Å². The Morgan fingerprint density at radius 2 is 2.15 bits per heavy atom. The van der Waals surface area contributed by atoms with Crippen molar-refractivity contribution >= 4 is 0 Å². The van der Waals surface area contributed by atoms with Gasteiger partial charge in [-0.3, -0.25) is 0 Å². The lowest BCUT2D eigenvalue weighted by atomic mass is 10.1. The third kappa shape index (κ3) is 4.63. The number of nitrogens with two attached hydrogens (primary N) is 1. The fourth-order valence-corrected chi connectivity index (χ4v) is 1.56. The molecule has 13 heavy (non-hydrogen) atoms. The molecule has 0 bridgehead atoms. The van der Waals surface area contributed by atoms with E-state index in [4.69, 9.17) is 5.73 Å². The molecule has 1 rings (SSSR count). The van der Waals surface area contributed by atoms with Crippen molar-refractivity contribution in [2.45, 2.75) is 33.1 Å². The lowest BCUT2D eigenvalue weighted by Crippen LogP contribution is -2.29. The maximum absolute atomic E-state index is 5.59. The SMILES string of the molecule is CCN(CCC(C)CN)CC1CC1. The first-order valence-electron chi connectivity index (χ1n) is 5.68. The average molecular weight is 184 g/mol. The lowest BCUT2D eigenvalue weighted by Gasteiger charge is -2.21. The molecule has 1 atom stereocenters. The zero-order valence-electron chi connectivity index (χ0n) is 9.13. The van der Waals surface area contributed by atoms with E-state index < -0.39 is 0 Å². The van der Waals surface area contributed by atoms with Crippen molar-refractivity contribution < 1.29 is 0 Å². The van der Waals surface area contributed by atoms with Crippen molar-refractivity contribution in [3.8, 4) is 0 Å². The Balaban J connectivity index is 2.07. The summed E-state index contributed by atoms with van der Waals surface area (Å²) in [7, 11) is 0. The first-order chi connectivity index (χ1) is 6.26. The Morgan fingerprint density at radius 3 is 2.62 bits per heavy atom. The van der Waals surface area contributed by atoms with Crippen molar-refractivity contribution in [1.29, 1.82) is 0 Å². The predicted octanol–water partition coefficient (Wildman–Crippen LogP) is 1.70. The topological polar surface area (TPSA) is 29.3 Å². The van der Waals surface area contributed by atoms with Gasteiger partial charge in [-0.2, -0.15) is 0 Å². The Hall–Kier alpha value is -0.0800. The van der Waals surface area contributed by atoms with E-state index in [0.717, 1.165) is 12.5 Å². The van der Waals surface area contributed by atoms with E-state index in [1.165, 1.54) is 38.9 Å². The second-order valence-corrected chi connectivity index (χ2v) is 4.47. The summed E-state index contributed by atoms with van der Waals surface area (Å²) >= 11 is 0. The van der Waals surface area contributed by atoms with Gasteiger partial charge in [0.15, 0.2) is 0 Å². The van der Waals surface area contributed by atoms with Gasteiger partial charge in [-0.15, -0.1) is 0 Å². The first-order valence-corrected chi connectivity index (χ1v) is 5.68. The summed E-state index contributed by atoms with van der Waals surface area (Å²) in [5, 5.41) is 0. The summed E-state index contributed by atoms with van der Waals surface area (Å²) in [6, 6.07) is 0. The summed E-state index contributed by atoms with van der Waals surface area (Å²) < 4.78 is 0. The normalized spacial score (nSPS) is 19.4. The minimum Gasteiger partial charge on any atom is -0.330 e. The van der Waals surface area contributed by atoms with E-state index in [9.17, 15) is 0 Å². The molecule has 1 saturated carbocycles. The number of hydrogen-bond acceptors (Lipinski definition) is 2. The zero-order valence-corrected chi connectivity index (χ0v) is 9.13. The van der Waals surface area contributed by atoms with E-state index >= 15 is 0 Å². The molecular weight excluding hydrogens is 160 g/mol. The lowest BCUT2D eigenvalue weighted by molar-refractivity contribution is 0.258. The highest BCUT2D eigenvalue weighted by atomic mass is 15.1. The van der Waals surface area contributed by atoms with Gasteiger partial charge < -0.3 is 10.6 Å². The summed E-state index contributed by atoms with van der Waals surface area (Å²) in [4.78, 5) is 2.57. The number of rotatable bonds is 7. The predicted molar refractivity (Wildman–Crippen MR) is 57.7 cm³/mol. The van der Waals surface area contributed by atoms with Crippen LogP contribution < -0.4 is 5.73 Å². The second kappa shape index (κ2) is 5.61. The Morgan fingerprint density at radius 1 is 1.46 bits per heavy atom. The van der Waals surface area contributed by atoms with Gasteiger partial charge in [-0.1, -0.05) is 13.8 Å². The molecule has 0 aliphatic heterocycles. The highest BCUT2D eigenvalue weighted by molar-refractivity contribution is 4.77. The maximum atomic E-state index is 5.59. The Bertz CT molecular complexity index is 132. The molecule has 78 valence electrons. The van der Waals surface area contributed by atoms with Gasteiger partial charge in [0, 0.05) is 6.54 Å². The van der Waals surface area contributed by atoms with Gasteiger partial charge >= 0.3 is 0 Å². The molecule has 0 heterocycles. The molecule has 0 saturated heterocycles. The smallest absolute Gasteiger partial charge is 0.000954 e. The van der Waals surface area contributed by atoms with Crippen LogP contribution in [0.3, 0.4) is 0 Å². The van der Waals surface area contributed by atoms with Crippen LogP contribution in [0.4, 0.5) is 0 Å². The fourth-order valence-electron chi connectivity index (χ4n) is 1.56. The highest BCUT2D eigenvalue weighted by Crippen LogP contribution is 2.29. The standard InChI is InChI=1S/C11H24N2/c1-3-13(9-11-4-5-11)7-6-10(2)8-12/h10-11H,3-9,12H2,1-2H3. The quantitative estimate of drug-likeness (QED) is 0.652. The summed E-state index contributed by atoms with van der Waals surface area (Å²) in [6.45, 7) is 9.11. The van der Waals surface area contributed by atoms with Crippen molar-refractivity contribution in [3.05, 3.63) is 0 Å². The van der Waals surface area contributed by atoms with Crippen LogP contribution in [0, 0.1) is 11.8 Å². The minimum atomic E-state index is 0.688. The molecule has 1 unspecified atom stereocenters. The van der Waals surface area contributed by atoms with Crippen molar-refractivity contribution in [2.75, 3.05) is 26.2 Å². The molecule has 0 aromatic heterocycles. The molecule has 0 spiro atoms. The second-order valence-electron chi connectivity index (χ2n) is 4.47. The number of hydrogen-bond donors (Lipinski definition) is 1. The van der Waals surface area contributed by atoms with Crippen molar-refractivity contribution in [2.24, 2.45) is 17.6 Å². The summed E-state index contributed by atoms with van der Waals surface area (Å²) in [6.07, 6.45) is 4.18. The van der Waals surface area contributed by atoms with Gasteiger partial charge in [-0.05, 0) is 50.7 Å². The minimum absolute atomic E-state index is 0.688. The maximum Gasteiger partial charge on any atom is 0.000954 e. The average Bonchev–Trinajstić information content (AvgIpc) is 2.95. The van der Waals surface area contributed by atoms with Gasteiger partial charge in [0.05, 0.1) is 0 Å². The molecule has 0 aromatic carbocycles. The summed E-state index contributed by atoms with van der Waals surface area (Å²) in [5.41, 5.74) is 5.59. The molecule has 0 aromatic rings. The monoisotopic (exact) mass is 184 g/mol. The van der Waals surface area contributed by atoms with Crippen LogP contribution in [-0.2, 0) is 0 Å². The zero-order chi connectivity index (χ0) is 9.68. The van der Waals surface area contributed by atoms with Crippen LogP contribution in [0.5, 0.6) is 0 Å². The Kier molecular flexibility index (Phi) is 4.74. The van der Waals surface area contributed by atoms with E-state index in [1.807, 2.05) is 0 Å². The third-order valence-corrected chi connectivity index (χ3v) is 3.00. The van der Waals surface area contributed by atoms with Gasteiger partial charge in [0.2, 0.25) is 0 Å². The molecule has 2 heteroatoms. The Labute approximate surface area is 82.5 Å². The molecule has 1 aliphatic rings. The molecular formula is C11H24N2. The number of nitrogens with zero attached hydrogens (tertiary/aromatic N) is 1. The molecule has 0 radical (unpaired) electrons. The van der Waals surface area contributed by atoms with Crippen molar-refractivity contribution in [3.63, 3.8) is 0 Å². The van der Waals surface area contributed by atoms with E-state index in [2.05, 4.69) is 18.7 Å². The van der Waals surface area contributed by atoms with Crippen LogP contribution in [0.15, 0.2) is 0 Å². The van der Waals surface area contributed by atoms with Crippen LogP contribution in [0.1, 0.15) is 33.1 Å². The van der Waals surface area contributed by atoms with Gasteiger partial charge in [0.25, 0.3) is 0 Å². The molecule has 1 aliphatic carbocycles. The summed E-state index contributed by atoms with van der Waals surface area (Å²) in [5.74, 6) is 1.71. The largest absolute Gasteiger partial charge is 0.330 e. The fraction of sp³-hybridized carbons (Fsp3) is 1.00. The van der Waals surface area contributed by atoms with E-state index in [0.29, 0.717) is 5.92 Å². The van der Waals surface area contributed by atoms with E-state index in [1.54, 1.807) is 0 Å². The van der Waals surface area contributed by atoms with Gasteiger partial charge in [0.1, 0.15) is 0 Å². The highest BCUT2D eigenvalue weighted by Gasteiger charge is 2.23. The van der Waals surface area contributed by atoms with E-state index in [-0.39, 0.29) is 0 Å². The first kappa shape index (κ1) is 11.0.